The summed E-state index contributed by atoms with van der Waals surface area (Å²) >= 11 is 0. The van der Waals surface area contributed by atoms with Gasteiger partial charge >= 0.3 is 11.3 Å². The number of hydrogen-bond acceptors (Lipinski definition) is 0. The van der Waals surface area contributed by atoms with Gasteiger partial charge in [-0.15, -0.1) is 4.68 Å². The van der Waals surface area contributed by atoms with Crippen LogP contribution in [0.5, 0.6) is 0 Å². The molecule has 3 aliphatic heterocycles. The second kappa shape index (κ2) is 7.83. The monoisotopic (exact) mass is 628 g/mol. The van der Waals surface area contributed by atoms with Crippen LogP contribution >= 0.6 is 0 Å². The maximum Gasteiger partial charge on any atom is 0.394 e. The van der Waals surface area contributed by atoms with Crippen molar-refractivity contribution in [3.05, 3.63) is 156 Å². The van der Waals surface area contributed by atoms with E-state index in [1.165, 1.54) is 100 Å². The molecule has 0 aliphatic carbocycles. The molecule has 13 rings (SSSR count). The van der Waals surface area contributed by atoms with Gasteiger partial charge in [-0.3, -0.25) is 0 Å². The largest absolute Gasteiger partial charge is 0.394 e. The molecular weight excluding hydrogens is 601 g/mol. The van der Waals surface area contributed by atoms with Crippen molar-refractivity contribution in [3.63, 3.8) is 0 Å². The number of pyridine rings is 2. The van der Waals surface area contributed by atoms with Crippen molar-refractivity contribution in [2.45, 2.75) is 19.5 Å². The molecule has 0 saturated carbocycles. The van der Waals surface area contributed by atoms with E-state index in [0.717, 1.165) is 0 Å². The van der Waals surface area contributed by atoms with Crippen molar-refractivity contribution in [1.82, 2.24) is 18.2 Å². The number of nitrogens with zero attached hydrogens (tertiary/aromatic N) is 6. The molecule has 0 bridgehead atoms. The summed E-state index contributed by atoms with van der Waals surface area (Å²) in [5, 5.41) is 5.12. The lowest BCUT2D eigenvalue weighted by Gasteiger charge is -2.33. The van der Waals surface area contributed by atoms with E-state index < -0.39 is 5.66 Å². The first-order chi connectivity index (χ1) is 24.2. The SMILES string of the molecule is Cc1c(-c2ccc3ccccn23)c(C)[n+]2n1-c1ccc3c4ccccc4n4c3c1C21c2c-4cccc2-n2c3ccccc3c3ccc[n+]1c32. The van der Waals surface area contributed by atoms with Gasteiger partial charge in [0.1, 0.15) is 22.3 Å². The van der Waals surface area contributed by atoms with Crippen LogP contribution in [0.1, 0.15) is 22.5 Å². The second-order valence-corrected chi connectivity index (χ2v) is 13.9. The van der Waals surface area contributed by atoms with Crippen LogP contribution in [0.25, 0.3) is 77.6 Å². The summed E-state index contributed by atoms with van der Waals surface area (Å²) in [6.45, 7) is 4.63. The fourth-order valence-electron chi connectivity index (χ4n) is 10.3. The maximum atomic E-state index is 2.63. The molecule has 9 heterocycles. The number of fused-ring (bicyclic) bond motifs is 11. The molecule has 1 unspecified atom stereocenters. The lowest BCUT2D eigenvalue weighted by molar-refractivity contribution is -0.989. The molecule has 6 nitrogen and oxygen atoms in total. The Kier molecular flexibility index (Phi) is 3.95. The normalized spacial score (nSPS) is 16.4. The summed E-state index contributed by atoms with van der Waals surface area (Å²) in [4.78, 5) is 0. The third kappa shape index (κ3) is 2.41. The summed E-state index contributed by atoms with van der Waals surface area (Å²) in [5.74, 6) is 0. The summed E-state index contributed by atoms with van der Waals surface area (Å²) in [7, 11) is 0. The first-order valence-corrected chi connectivity index (χ1v) is 17.1. The molecule has 1 spiro atoms. The molecule has 0 amide bonds. The van der Waals surface area contributed by atoms with Crippen LogP contribution in [0.3, 0.4) is 0 Å². The number of hydrogen-bond donors (Lipinski definition) is 0. The summed E-state index contributed by atoms with van der Waals surface area (Å²) in [6, 6.07) is 45.0. The Hall–Kier alpha value is -6.40. The third-order valence-corrected chi connectivity index (χ3v) is 11.9. The van der Waals surface area contributed by atoms with Gasteiger partial charge in [0.2, 0.25) is 5.69 Å². The average molecular weight is 629 g/mol. The first-order valence-electron chi connectivity index (χ1n) is 17.1. The van der Waals surface area contributed by atoms with Crippen LogP contribution in [-0.4, -0.2) is 18.2 Å². The first kappa shape index (κ1) is 24.7. The highest BCUT2D eigenvalue weighted by molar-refractivity contribution is 6.13. The third-order valence-electron chi connectivity index (χ3n) is 11.9. The Labute approximate surface area is 280 Å². The molecule has 6 aromatic heterocycles. The molecule has 6 heteroatoms. The topological polar surface area (TPSA) is 27.0 Å². The van der Waals surface area contributed by atoms with Gasteiger partial charge in [-0.1, -0.05) is 47.1 Å². The van der Waals surface area contributed by atoms with E-state index in [4.69, 9.17) is 0 Å². The van der Waals surface area contributed by atoms with Crippen LogP contribution in [0.15, 0.2) is 134 Å². The number of aromatic nitrogens is 6. The quantitative estimate of drug-likeness (QED) is 0.165. The molecular formula is C43H28N6+2. The van der Waals surface area contributed by atoms with Gasteiger partial charge < -0.3 is 8.97 Å². The minimum Gasteiger partial charge on any atom is -0.316 e. The van der Waals surface area contributed by atoms with Crippen molar-refractivity contribution >= 4 is 49.3 Å². The fraction of sp³-hybridized carbons (Fsp3) is 0.0698. The van der Waals surface area contributed by atoms with Crippen LogP contribution in [0.2, 0.25) is 0 Å². The van der Waals surface area contributed by atoms with Crippen molar-refractivity contribution in [2.24, 2.45) is 0 Å². The van der Waals surface area contributed by atoms with E-state index in [2.05, 4.69) is 175 Å². The van der Waals surface area contributed by atoms with Gasteiger partial charge in [0, 0.05) is 34.8 Å². The highest BCUT2D eigenvalue weighted by Crippen LogP contribution is 2.54. The Balaban J connectivity index is 1.33. The zero-order valence-corrected chi connectivity index (χ0v) is 26.9. The van der Waals surface area contributed by atoms with E-state index in [1.54, 1.807) is 0 Å². The van der Waals surface area contributed by atoms with Crippen molar-refractivity contribution in [1.29, 1.82) is 0 Å². The zero-order chi connectivity index (χ0) is 31.9. The minimum absolute atomic E-state index is 0.671. The molecule has 1 atom stereocenters. The van der Waals surface area contributed by atoms with Gasteiger partial charge in [0.15, 0.2) is 5.69 Å². The Morgan fingerprint density at radius 1 is 0.571 bits per heavy atom. The van der Waals surface area contributed by atoms with Crippen molar-refractivity contribution < 1.29 is 9.25 Å². The lowest BCUT2D eigenvalue weighted by Crippen LogP contribution is -2.77. The van der Waals surface area contributed by atoms with Crippen LogP contribution < -0.4 is 9.25 Å². The van der Waals surface area contributed by atoms with E-state index >= 15 is 0 Å². The Morgan fingerprint density at radius 3 is 2.16 bits per heavy atom. The van der Waals surface area contributed by atoms with Gasteiger partial charge in [0.05, 0.1) is 45.3 Å². The summed E-state index contributed by atoms with van der Waals surface area (Å²) in [5.41, 5.74) is 16.8. The second-order valence-electron chi connectivity index (χ2n) is 13.9. The average Bonchev–Trinajstić information content (AvgIpc) is 3.92. The minimum atomic E-state index is -0.671. The lowest BCUT2D eigenvalue weighted by atomic mass is 9.82. The van der Waals surface area contributed by atoms with Gasteiger partial charge in [-0.25, -0.2) is 0 Å². The molecule has 0 fully saturated rings. The van der Waals surface area contributed by atoms with Gasteiger partial charge in [0.25, 0.3) is 0 Å². The molecule has 0 saturated heterocycles. The highest BCUT2D eigenvalue weighted by atomic mass is 15.5. The van der Waals surface area contributed by atoms with E-state index in [1.807, 2.05) is 0 Å². The number of para-hydroxylation sites is 2. The van der Waals surface area contributed by atoms with E-state index in [0.29, 0.717) is 0 Å². The molecule has 228 valence electrons. The fourth-order valence-corrected chi connectivity index (χ4v) is 10.3. The van der Waals surface area contributed by atoms with Gasteiger partial charge in [-0.2, -0.15) is 9.13 Å². The number of benzene rings is 4. The van der Waals surface area contributed by atoms with E-state index in [-0.39, 0.29) is 0 Å². The Bertz CT molecular complexity index is 3180. The molecule has 10 aromatic rings. The molecule has 4 aromatic carbocycles. The van der Waals surface area contributed by atoms with Crippen LogP contribution in [0, 0.1) is 13.8 Å². The highest BCUT2D eigenvalue weighted by Gasteiger charge is 2.69. The predicted molar refractivity (Wildman–Crippen MR) is 192 cm³/mol. The molecule has 3 aliphatic rings. The van der Waals surface area contributed by atoms with Crippen LogP contribution in [-0.2, 0) is 5.66 Å². The van der Waals surface area contributed by atoms with Crippen molar-refractivity contribution in [2.75, 3.05) is 0 Å². The molecule has 0 N–H and O–H groups in total. The summed E-state index contributed by atoms with van der Waals surface area (Å²) < 4.78 is 15.2. The maximum absolute atomic E-state index is 2.63. The zero-order valence-electron chi connectivity index (χ0n) is 26.9. The predicted octanol–water partition coefficient (Wildman–Crippen LogP) is 8.02. The van der Waals surface area contributed by atoms with Crippen molar-refractivity contribution in [3.8, 4) is 28.3 Å². The smallest absolute Gasteiger partial charge is 0.316 e. The Morgan fingerprint density at radius 2 is 1.31 bits per heavy atom. The number of rotatable bonds is 1. The molecule has 0 radical (unpaired) electrons. The standard InChI is InChI=1S/C43H28N6/c1-25-38(34-21-19-27-11-7-8-23-44(27)34)26(2)49-43-39-35(46-32-15-5-3-12-28(32)30-20-22-37(48(25)49)40(43)41(30)46)17-9-18-36(39)47-33-16-6-4-13-29(33)31-14-10-24-45(43)42(31)47/h3-24H,1-2H3/q+2. The molecule has 49 heavy (non-hydrogen) atoms. The van der Waals surface area contributed by atoms with Gasteiger partial charge in [-0.05, 0) is 85.8 Å². The van der Waals surface area contributed by atoms with E-state index in [9.17, 15) is 0 Å². The summed E-state index contributed by atoms with van der Waals surface area (Å²) in [6.07, 6.45) is 4.52. The van der Waals surface area contributed by atoms with Crippen LogP contribution in [0.4, 0.5) is 0 Å².